The third kappa shape index (κ3) is 13.3. The fourth-order valence-electron chi connectivity index (χ4n) is 13.6. The summed E-state index contributed by atoms with van der Waals surface area (Å²) in [5.74, 6) is 3.99. The van der Waals surface area contributed by atoms with Gasteiger partial charge in [-0.3, -0.25) is 24.0 Å². The minimum absolute atomic E-state index is 0.0374. The number of rotatable bonds is 25. The highest BCUT2D eigenvalue weighted by Gasteiger charge is 2.60. The molecule has 6 N–H and O–H groups in total. The second-order valence-electron chi connectivity index (χ2n) is 21.0. The standard InChI is InChI=1S/C49H81N5O8S/c1-32(16-21-44(58)59)36-19-20-37-35-18-17-33-30-34(22-25-48(33,2)38(35)23-26-49(36,37)3)62-45(60)24-29-52-43(57)14-7-5-11-27-50-41(55)13-6-4-10-28-51-42(56)15-9-8-12-40-46-39(31-63-40)53-47(61)54-46/h32-40,46H,4-31H2,1-3H3,(H,50,55)(H,51,56)(H,52,57)(H,58,59)(H2,53,54,61)/t32-,33?,34+,35+,36-,37+,38+,39?,40?,46?,48+,49-/m1/s1. The predicted octanol–water partition coefficient (Wildman–Crippen LogP) is 7.64. The number of carbonyl (C=O) groups is 6. The number of fused-ring (bicyclic) bond motifs is 6. The van der Waals surface area contributed by atoms with Crippen molar-refractivity contribution in [3.8, 4) is 0 Å². The Balaban J connectivity index is 0.729. The Bertz CT molecular complexity index is 1580. The van der Waals surface area contributed by atoms with Gasteiger partial charge in [-0.25, -0.2) is 4.79 Å². The Morgan fingerprint density at radius 3 is 2.05 bits per heavy atom. The van der Waals surface area contributed by atoms with Gasteiger partial charge in [-0.05, 0) is 149 Å². The van der Waals surface area contributed by atoms with Crippen molar-refractivity contribution in [2.24, 2.45) is 46.3 Å². The first kappa shape index (κ1) is 49.4. The summed E-state index contributed by atoms with van der Waals surface area (Å²) in [6.07, 6.45) is 20.8. The zero-order valence-electron chi connectivity index (χ0n) is 38.8. The number of esters is 1. The molecule has 13 nitrogen and oxygen atoms in total. The third-order valence-electron chi connectivity index (χ3n) is 17.0. The minimum atomic E-state index is -0.680. The molecular formula is C49H81N5O8S. The van der Waals surface area contributed by atoms with E-state index in [1.54, 1.807) is 0 Å². The lowest BCUT2D eigenvalue weighted by molar-refractivity contribution is -0.162. The summed E-state index contributed by atoms with van der Waals surface area (Å²) >= 11 is 1.90. The van der Waals surface area contributed by atoms with E-state index in [4.69, 9.17) is 4.74 Å². The molecule has 6 fully saturated rings. The maximum atomic E-state index is 12.9. The molecule has 356 valence electrons. The maximum Gasteiger partial charge on any atom is 0.315 e. The molecule has 4 saturated carbocycles. The predicted molar refractivity (Wildman–Crippen MR) is 246 cm³/mol. The largest absolute Gasteiger partial charge is 0.481 e. The van der Waals surface area contributed by atoms with Gasteiger partial charge in [0.25, 0.3) is 0 Å². The number of ether oxygens (including phenoxy) is 1. The summed E-state index contributed by atoms with van der Waals surface area (Å²) < 4.78 is 6.01. The average molecular weight is 900 g/mol. The highest BCUT2D eigenvalue weighted by atomic mass is 32.2. The zero-order valence-corrected chi connectivity index (χ0v) is 39.6. The van der Waals surface area contributed by atoms with Gasteiger partial charge in [0.15, 0.2) is 0 Å². The van der Waals surface area contributed by atoms with Crippen LogP contribution in [0.25, 0.3) is 0 Å². The molecule has 6 rings (SSSR count). The van der Waals surface area contributed by atoms with Gasteiger partial charge in [0.2, 0.25) is 17.7 Å². The molecule has 0 radical (unpaired) electrons. The lowest BCUT2D eigenvalue weighted by atomic mass is 9.44. The van der Waals surface area contributed by atoms with Crippen LogP contribution in [0.2, 0.25) is 0 Å². The second-order valence-corrected chi connectivity index (χ2v) is 22.2. The van der Waals surface area contributed by atoms with Crippen LogP contribution in [0.1, 0.15) is 175 Å². The van der Waals surface area contributed by atoms with Gasteiger partial charge in [-0.2, -0.15) is 11.8 Å². The summed E-state index contributed by atoms with van der Waals surface area (Å²) in [5, 5.41) is 24.5. The quantitative estimate of drug-likeness (QED) is 0.0304. The second kappa shape index (κ2) is 23.4. The molecule has 0 bridgehead atoms. The first-order chi connectivity index (χ1) is 30.3. The number of carboxylic acids is 1. The van der Waals surface area contributed by atoms with Crippen LogP contribution in [-0.4, -0.2) is 89.6 Å². The highest BCUT2D eigenvalue weighted by molar-refractivity contribution is 8.00. The van der Waals surface area contributed by atoms with Crippen LogP contribution >= 0.6 is 11.8 Å². The normalized spacial score (nSPS) is 33.4. The van der Waals surface area contributed by atoms with Crippen LogP contribution in [0.5, 0.6) is 0 Å². The van der Waals surface area contributed by atoms with E-state index in [1.807, 2.05) is 11.8 Å². The highest BCUT2D eigenvalue weighted by Crippen LogP contribution is 2.68. The van der Waals surface area contributed by atoms with Crippen LogP contribution < -0.4 is 26.6 Å². The molecule has 2 heterocycles. The Labute approximate surface area is 381 Å². The first-order valence-corrected chi connectivity index (χ1v) is 26.2. The van der Waals surface area contributed by atoms with Crippen LogP contribution in [0.15, 0.2) is 0 Å². The molecular weight excluding hydrogens is 819 g/mol. The van der Waals surface area contributed by atoms with Crippen molar-refractivity contribution in [2.75, 3.05) is 25.4 Å². The van der Waals surface area contributed by atoms with Gasteiger partial charge in [0, 0.05) is 56.3 Å². The SMILES string of the molecule is C[C@H](CCC(=O)O)[C@H]1CC[C@H]2[C@@H]3CCC4C[C@@H](OC(=O)CCNC(=O)CCCCCNC(=O)CCCCCNC(=O)CCCCC5SCC6NC(=O)NC65)CC[C@]4(C)[C@H]3CC[C@]12C. The van der Waals surface area contributed by atoms with E-state index >= 15 is 0 Å². The molecule has 2 saturated heterocycles. The van der Waals surface area contributed by atoms with Gasteiger partial charge in [-0.15, -0.1) is 0 Å². The Kier molecular flexibility index (Phi) is 18.4. The number of urea groups is 1. The topological polar surface area (TPSA) is 192 Å². The number of hydrogen-bond donors (Lipinski definition) is 6. The maximum absolute atomic E-state index is 12.9. The molecule has 14 heteroatoms. The molecule has 6 aliphatic rings. The summed E-state index contributed by atoms with van der Waals surface area (Å²) in [7, 11) is 0. The molecule has 0 aromatic rings. The zero-order chi connectivity index (χ0) is 45.0. The van der Waals surface area contributed by atoms with Crippen molar-refractivity contribution in [1.82, 2.24) is 26.6 Å². The monoisotopic (exact) mass is 900 g/mol. The number of carboxylic acid groups (broad SMARTS) is 1. The van der Waals surface area contributed by atoms with Crippen molar-refractivity contribution in [2.45, 2.75) is 198 Å². The van der Waals surface area contributed by atoms with E-state index in [1.165, 1.54) is 38.5 Å². The summed E-state index contributed by atoms with van der Waals surface area (Å²) in [4.78, 5) is 72.6. The molecule has 4 unspecified atom stereocenters. The van der Waals surface area contributed by atoms with Crippen molar-refractivity contribution in [1.29, 1.82) is 0 Å². The molecule has 0 aromatic carbocycles. The summed E-state index contributed by atoms with van der Waals surface area (Å²) in [6, 6.07) is 0.386. The molecule has 12 atom stereocenters. The van der Waals surface area contributed by atoms with E-state index in [0.29, 0.717) is 66.2 Å². The van der Waals surface area contributed by atoms with Crippen molar-refractivity contribution in [3.63, 3.8) is 0 Å². The van der Waals surface area contributed by atoms with Crippen LogP contribution in [-0.2, 0) is 28.7 Å². The van der Waals surface area contributed by atoms with Gasteiger partial charge in [0.05, 0.1) is 18.5 Å². The number of thioether (sulfide) groups is 1. The smallest absolute Gasteiger partial charge is 0.315 e. The van der Waals surface area contributed by atoms with Gasteiger partial charge < -0.3 is 36.4 Å². The summed E-state index contributed by atoms with van der Waals surface area (Å²) in [6.45, 7) is 8.87. The lowest BCUT2D eigenvalue weighted by Crippen LogP contribution is -2.54. The van der Waals surface area contributed by atoms with Crippen LogP contribution in [0.4, 0.5) is 4.79 Å². The Morgan fingerprint density at radius 2 is 1.37 bits per heavy atom. The number of unbranched alkanes of at least 4 members (excludes halogenated alkanes) is 5. The first-order valence-electron chi connectivity index (χ1n) is 25.2. The average Bonchev–Trinajstić information content (AvgIpc) is 3.92. The molecule has 4 aliphatic carbocycles. The number of hydrogen-bond acceptors (Lipinski definition) is 8. The number of aliphatic carboxylic acids is 1. The van der Waals surface area contributed by atoms with E-state index < -0.39 is 5.97 Å². The van der Waals surface area contributed by atoms with E-state index in [9.17, 15) is 33.9 Å². The number of carbonyl (C=O) groups excluding carboxylic acids is 5. The van der Waals surface area contributed by atoms with Gasteiger partial charge in [0.1, 0.15) is 6.10 Å². The number of amides is 5. The van der Waals surface area contributed by atoms with Crippen LogP contribution in [0, 0.1) is 46.3 Å². The van der Waals surface area contributed by atoms with Crippen molar-refractivity contribution < 1.29 is 38.6 Å². The van der Waals surface area contributed by atoms with Crippen molar-refractivity contribution >= 4 is 47.5 Å². The van der Waals surface area contributed by atoms with E-state index in [-0.39, 0.29) is 67.3 Å². The lowest BCUT2D eigenvalue weighted by Gasteiger charge is -2.61. The Hall–Kier alpha value is -3.03. The van der Waals surface area contributed by atoms with E-state index in [0.717, 1.165) is 107 Å². The molecule has 2 aliphatic heterocycles. The molecule has 5 amide bonds. The fourth-order valence-corrected chi connectivity index (χ4v) is 15.1. The van der Waals surface area contributed by atoms with E-state index in [2.05, 4.69) is 47.4 Å². The fraction of sp³-hybridized carbons (Fsp3) is 0.878. The Morgan fingerprint density at radius 1 is 0.730 bits per heavy atom. The van der Waals surface area contributed by atoms with Crippen molar-refractivity contribution in [3.05, 3.63) is 0 Å². The summed E-state index contributed by atoms with van der Waals surface area (Å²) in [5.41, 5.74) is 0.619. The van der Waals surface area contributed by atoms with Gasteiger partial charge >= 0.3 is 18.0 Å². The molecule has 63 heavy (non-hydrogen) atoms. The minimum Gasteiger partial charge on any atom is -0.481 e. The molecule has 0 spiro atoms. The van der Waals surface area contributed by atoms with Crippen LogP contribution in [0.3, 0.4) is 0 Å². The number of nitrogens with one attached hydrogen (secondary N) is 5. The van der Waals surface area contributed by atoms with Gasteiger partial charge in [-0.1, -0.05) is 40.0 Å². The third-order valence-corrected chi connectivity index (χ3v) is 18.5. The molecule has 0 aromatic heterocycles.